The van der Waals surface area contributed by atoms with Crippen LogP contribution in [0.5, 0.6) is 5.75 Å². The van der Waals surface area contributed by atoms with Crippen molar-refractivity contribution in [3.8, 4) is 5.75 Å². The monoisotopic (exact) mass is 324 g/mol. The highest BCUT2D eigenvalue weighted by atomic mass is 16.5. The van der Waals surface area contributed by atoms with Gasteiger partial charge in [0.25, 0.3) is 0 Å². The number of unbranched alkanes of at least 4 members (excludes halogenated alkanes) is 1. The van der Waals surface area contributed by atoms with E-state index < -0.39 is 0 Å². The first kappa shape index (κ1) is 16.7. The first-order valence-corrected chi connectivity index (χ1v) is 8.85. The van der Waals surface area contributed by atoms with E-state index in [0.29, 0.717) is 0 Å². The molecule has 0 radical (unpaired) electrons. The second kappa shape index (κ2) is 7.16. The predicted octanol–water partition coefficient (Wildman–Crippen LogP) is 4.86. The maximum Gasteiger partial charge on any atom is 0.119 e. The summed E-state index contributed by atoms with van der Waals surface area (Å²) in [6.45, 7) is 9.49. The van der Waals surface area contributed by atoms with Gasteiger partial charge in [-0.25, -0.2) is 0 Å². The molecule has 0 amide bonds. The summed E-state index contributed by atoms with van der Waals surface area (Å²) >= 11 is 0. The van der Waals surface area contributed by atoms with Crippen LogP contribution in [0.4, 0.5) is 11.4 Å². The van der Waals surface area contributed by atoms with Crippen molar-refractivity contribution >= 4 is 11.4 Å². The van der Waals surface area contributed by atoms with E-state index in [0.717, 1.165) is 38.3 Å². The van der Waals surface area contributed by atoms with E-state index in [2.05, 4.69) is 67.4 Å². The largest absolute Gasteiger partial charge is 0.494 e. The lowest BCUT2D eigenvalue weighted by molar-refractivity contribution is 0.306. The van der Waals surface area contributed by atoms with E-state index in [1.54, 1.807) is 0 Å². The molecule has 3 rings (SSSR count). The molecular weight excluding hydrogens is 296 g/mol. The lowest BCUT2D eigenvalue weighted by Crippen LogP contribution is -2.48. The van der Waals surface area contributed by atoms with Gasteiger partial charge in [-0.3, -0.25) is 0 Å². The summed E-state index contributed by atoms with van der Waals surface area (Å²) in [5.74, 6) is 0.967. The van der Waals surface area contributed by atoms with Crippen molar-refractivity contribution in [1.29, 1.82) is 0 Å². The fourth-order valence-electron chi connectivity index (χ4n) is 3.25. The highest BCUT2D eigenvalue weighted by Gasteiger charge is 2.28. The van der Waals surface area contributed by atoms with Gasteiger partial charge in [-0.05, 0) is 57.9 Å². The molecule has 1 heterocycles. The minimum atomic E-state index is 0.104. The molecule has 0 unspecified atom stereocenters. The van der Waals surface area contributed by atoms with Crippen molar-refractivity contribution in [3.63, 3.8) is 0 Å². The van der Waals surface area contributed by atoms with Crippen LogP contribution in [0.2, 0.25) is 0 Å². The van der Waals surface area contributed by atoms with E-state index >= 15 is 0 Å². The molecule has 24 heavy (non-hydrogen) atoms. The summed E-state index contributed by atoms with van der Waals surface area (Å²) in [5, 5.41) is 3.63. The molecule has 1 aliphatic heterocycles. The van der Waals surface area contributed by atoms with Crippen LogP contribution in [-0.2, 0) is 0 Å². The Morgan fingerprint density at radius 1 is 1.04 bits per heavy atom. The minimum Gasteiger partial charge on any atom is -0.494 e. The fourth-order valence-corrected chi connectivity index (χ4v) is 3.25. The Morgan fingerprint density at radius 3 is 2.58 bits per heavy atom. The average molecular weight is 324 g/mol. The van der Waals surface area contributed by atoms with Crippen molar-refractivity contribution in [1.82, 2.24) is 0 Å². The smallest absolute Gasteiger partial charge is 0.119 e. The van der Waals surface area contributed by atoms with Crippen molar-refractivity contribution in [3.05, 3.63) is 54.1 Å². The Bertz CT molecular complexity index is 664. The summed E-state index contributed by atoms with van der Waals surface area (Å²) in [7, 11) is 0. The molecule has 0 aliphatic carbocycles. The maximum atomic E-state index is 5.83. The molecule has 0 fully saturated rings. The van der Waals surface area contributed by atoms with E-state index in [1.807, 2.05) is 12.1 Å². The Labute approximate surface area is 145 Å². The highest BCUT2D eigenvalue weighted by Crippen LogP contribution is 2.34. The van der Waals surface area contributed by atoms with Crippen LogP contribution < -0.4 is 15.0 Å². The van der Waals surface area contributed by atoms with Gasteiger partial charge < -0.3 is 15.0 Å². The number of ether oxygens (including phenoxy) is 1. The lowest BCUT2D eigenvalue weighted by Gasteiger charge is -2.42. The molecule has 0 aromatic heterocycles. The number of aryl methyl sites for hydroxylation is 1. The van der Waals surface area contributed by atoms with E-state index in [9.17, 15) is 0 Å². The molecule has 3 nitrogen and oxygen atoms in total. The molecule has 2 aromatic carbocycles. The van der Waals surface area contributed by atoms with E-state index in [4.69, 9.17) is 4.74 Å². The van der Waals surface area contributed by atoms with Crippen molar-refractivity contribution in [2.24, 2.45) is 0 Å². The zero-order chi connectivity index (χ0) is 17.0. The summed E-state index contributed by atoms with van der Waals surface area (Å²) < 4.78 is 5.83. The Balaban J connectivity index is 1.49. The number of nitrogens with one attached hydrogen (secondary N) is 1. The number of fused-ring (bicyclic) bond motifs is 1. The molecule has 0 spiro atoms. The number of anilines is 2. The van der Waals surface area contributed by atoms with Gasteiger partial charge in [0.05, 0.1) is 18.0 Å². The molecule has 0 saturated carbocycles. The zero-order valence-electron chi connectivity index (χ0n) is 15.0. The predicted molar refractivity (Wildman–Crippen MR) is 102 cm³/mol. The molecule has 0 atom stereocenters. The summed E-state index contributed by atoms with van der Waals surface area (Å²) in [6.07, 6.45) is 2.21. The van der Waals surface area contributed by atoms with Gasteiger partial charge in [0.1, 0.15) is 5.75 Å². The number of rotatable bonds is 6. The van der Waals surface area contributed by atoms with Crippen LogP contribution in [0.15, 0.2) is 48.5 Å². The SMILES string of the molecule is Cc1ccc(OCCCCN2CC(C)(C)Nc3ccccc32)cc1. The van der Waals surface area contributed by atoms with Crippen LogP contribution >= 0.6 is 0 Å². The fraction of sp³-hybridized carbons (Fsp3) is 0.429. The Hall–Kier alpha value is -2.16. The second-order valence-corrected chi connectivity index (χ2v) is 7.32. The highest BCUT2D eigenvalue weighted by molar-refractivity contribution is 5.73. The maximum absolute atomic E-state index is 5.83. The van der Waals surface area contributed by atoms with Crippen LogP contribution in [0.25, 0.3) is 0 Å². The third-order valence-corrected chi connectivity index (χ3v) is 4.42. The molecule has 0 saturated heterocycles. The first-order chi connectivity index (χ1) is 11.5. The van der Waals surface area contributed by atoms with Gasteiger partial charge in [0, 0.05) is 18.6 Å². The quantitative estimate of drug-likeness (QED) is 0.768. The molecule has 2 aromatic rings. The van der Waals surface area contributed by atoms with Crippen LogP contribution in [0, 0.1) is 6.92 Å². The van der Waals surface area contributed by atoms with Crippen molar-refractivity contribution < 1.29 is 4.74 Å². The minimum absolute atomic E-state index is 0.104. The third-order valence-electron chi connectivity index (χ3n) is 4.42. The van der Waals surface area contributed by atoms with Gasteiger partial charge >= 0.3 is 0 Å². The number of benzene rings is 2. The Kier molecular flexibility index (Phi) is 4.98. The number of hydrogen-bond donors (Lipinski definition) is 1. The zero-order valence-corrected chi connectivity index (χ0v) is 15.0. The number of nitrogens with zero attached hydrogens (tertiary/aromatic N) is 1. The molecular formula is C21H28N2O. The van der Waals surface area contributed by atoms with Crippen molar-refractivity contribution in [2.75, 3.05) is 29.9 Å². The van der Waals surface area contributed by atoms with Gasteiger partial charge in [0.15, 0.2) is 0 Å². The summed E-state index contributed by atoms with van der Waals surface area (Å²) in [6, 6.07) is 16.9. The van der Waals surface area contributed by atoms with E-state index in [-0.39, 0.29) is 5.54 Å². The van der Waals surface area contributed by atoms with Crippen LogP contribution in [0.3, 0.4) is 0 Å². The summed E-state index contributed by atoms with van der Waals surface area (Å²) in [5.41, 5.74) is 3.93. The van der Waals surface area contributed by atoms with E-state index in [1.165, 1.54) is 16.9 Å². The first-order valence-electron chi connectivity index (χ1n) is 8.85. The third kappa shape index (κ3) is 4.22. The van der Waals surface area contributed by atoms with Crippen LogP contribution in [-0.4, -0.2) is 25.2 Å². The van der Waals surface area contributed by atoms with Crippen LogP contribution in [0.1, 0.15) is 32.3 Å². The van der Waals surface area contributed by atoms with Gasteiger partial charge in [0.2, 0.25) is 0 Å². The molecule has 3 heteroatoms. The molecule has 0 bridgehead atoms. The molecule has 1 N–H and O–H groups in total. The van der Waals surface area contributed by atoms with Gasteiger partial charge in [-0.15, -0.1) is 0 Å². The lowest BCUT2D eigenvalue weighted by atomic mass is 9.99. The van der Waals surface area contributed by atoms with Crippen molar-refractivity contribution in [2.45, 2.75) is 39.2 Å². The normalized spacial score (nSPS) is 15.5. The second-order valence-electron chi connectivity index (χ2n) is 7.32. The standard InChI is InChI=1S/C21H28N2O/c1-17-10-12-18(13-11-17)24-15-7-6-14-23-16-21(2,3)22-19-8-4-5-9-20(19)23/h4-5,8-13,22H,6-7,14-16H2,1-3H3. The van der Waals surface area contributed by atoms with Gasteiger partial charge in [-0.2, -0.15) is 0 Å². The van der Waals surface area contributed by atoms with Gasteiger partial charge in [-0.1, -0.05) is 29.8 Å². The molecule has 1 aliphatic rings. The topological polar surface area (TPSA) is 24.5 Å². The average Bonchev–Trinajstić information content (AvgIpc) is 2.55. The molecule has 128 valence electrons. The Morgan fingerprint density at radius 2 is 1.79 bits per heavy atom. The summed E-state index contributed by atoms with van der Waals surface area (Å²) in [4.78, 5) is 2.50. The number of hydrogen-bond acceptors (Lipinski definition) is 3. The number of para-hydroxylation sites is 2.